The molecule has 1 aliphatic heterocycles. The Kier molecular flexibility index (Phi) is 5.96. The Bertz CT molecular complexity index is 951. The number of aryl methyl sites for hydroxylation is 1. The van der Waals surface area contributed by atoms with Crippen molar-refractivity contribution in [3.05, 3.63) is 89.5 Å². The van der Waals surface area contributed by atoms with Gasteiger partial charge in [0, 0.05) is 24.3 Å². The summed E-state index contributed by atoms with van der Waals surface area (Å²) in [5.74, 6) is 1.04. The average Bonchev–Trinajstić information content (AvgIpc) is 2.75. The fraction of sp³-hybridized carbons (Fsp3) is 0.292. The highest BCUT2D eigenvalue weighted by atomic mass is 16.1. The highest BCUT2D eigenvalue weighted by Gasteiger charge is 2.24. The summed E-state index contributed by atoms with van der Waals surface area (Å²) in [7, 11) is 0. The zero-order valence-corrected chi connectivity index (χ0v) is 16.7. The van der Waals surface area contributed by atoms with Gasteiger partial charge >= 0.3 is 0 Å². The maximum atomic E-state index is 12.5. The Morgan fingerprint density at radius 2 is 1.69 bits per heavy atom. The van der Waals surface area contributed by atoms with Crippen LogP contribution in [0.3, 0.4) is 0 Å². The quantitative estimate of drug-likeness (QED) is 0.705. The maximum Gasteiger partial charge on any atom is 0.259 e. The summed E-state index contributed by atoms with van der Waals surface area (Å²) in [6.45, 7) is 4.96. The van der Waals surface area contributed by atoms with Crippen molar-refractivity contribution >= 4 is 11.6 Å². The largest absolute Gasteiger partial charge is 0.322 e. The van der Waals surface area contributed by atoms with Crippen LogP contribution in [0, 0.1) is 6.92 Å². The highest BCUT2D eigenvalue weighted by Crippen LogP contribution is 2.27. The summed E-state index contributed by atoms with van der Waals surface area (Å²) in [5.41, 5.74) is 3.38. The lowest BCUT2D eigenvalue weighted by Crippen LogP contribution is -2.33. The second-order valence-electron chi connectivity index (χ2n) is 7.58. The van der Waals surface area contributed by atoms with Crippen LogP contribution in [0.5, 0.6) is 0 Å². The molecule has 29 heavy (non-hydrogen) atoms. The molecular weight excluding hydrogens is 360 g/mol. The normalized spacial score (nSPS) is 15.2. The molecule has 1 N–H and O–H groups in total. The van der Waals surface area contributed by atoms with Crippen LogP contribution < -0.4 is 5.32 Å². The van der Waals surface area contributed by atoms with Crippen molar-refractivity contribution < 1.29 is 4.79 Å². The van der Waals surface area contributed by atoms with Crippen molar-refractivity contribution in [2.24, 2.45) is 0 Å². The number of amides is 1. The summed E-state index contributed by atoms with van der Waals surface area (Å²) >= 11 is 0. The van der Waals surface area contributed by atoms with E-state index in [2.05, 4.69) is 50.5 Å². The molecule has 3 aromatic rings. The molecule has 5 nitrogen and oxygen atoms in total. The van der Waals surface area contributed by atoms with E-state index in [1.807, 2.05) is 37.3 Å². The Hall–Kier alpha value is -3.05. The molecule has 1 amide bonds. The number of benzene rings is 2. The predicted octanol–water partition coefficient (Wildman–Crippen LogP) is 4.42. The number of nitrogens with zero attached hydrogens (tertiary/aromatic N) is 3. The van der Waals surface area contributed by atoms with E-state index in [0.29, 0.717) is 11.5 Å². The van der Waals surface area contributed by atoms with Crippen LogP contribution in [-0.2, 0) is 6.54 Å². The second-order valence-corrected chi connectivity index (χ2v) is 7.58. The summed E-state index contributed by atoms with van der Waals surface area (Å²) in [4.78, 5) is 24.3. The minimum absolute atomic E-state index is 0.169. The van der Waals surface area contributed by atoms with Gasteiger partial charge in [-0.25, -0.2) is 9.97 Å². The number of nitrogens with one attached hydrogen (secondary N) is 1. The highest BCUT2D eigenvalue weighted by molar-refractivity contribution is 6.04. The monoisotopic (exact) mass is 386 g/mol. The van der Waals surface area contributed by atoms with Crippen LogP contribution in [0.25, 0.3) is 0 Å². The van der Waals surface area contributed by atoms with Crippen LogP contribution in [0.2, 0.25) is 0 Å². The Balaban J connectivity index is 1.36. The Morgan fingerprint density at radius 3 is 2.34 bits per heavy atom. The summed E-state index contributed by atoms with van der Waals surface area (Å²) in [6, 6.07) is 20.0. The molecule has 1 saturated heterocycles. The number of anilines is 1. The molecule has 0 atom stereocenters. The van der Waals surface area contributed by atoms with Crippen LogP contribution >= 0.6 is 0 Å². The number of piperidine rings is 1. The molecule has 2 heterocycles. The van der Waals surface area contributed by atoms with Crippen LogP contribution in [-0.4, -0.2) is 33.9 Å². The minimum Gasteiger partial charge on any atom is -0.322 e. The number of likely N-dealkylation sites (tertiary alicyclic amines) is 1. The molecule has 148 valence electrons. The average molecular weight is 386 g/mol. The Morgan fingerprint density at radius 1 is 1.03 bits per heavy atom. The van der Waals surface area contributed by atoms with Crippen molar-refractivity contribution in [2.45, 2.75) is 32.2 Å². The molecule has 0 spiro atoms. The Labute approximate surface area is 171 Å². The summed E-state index contributed by atoms with van der Waals surface area (Å²) in [6.07, 6.45) is 3.76. The van der Waals surface area contributed by atoms with Gasteiger partial charge in [-0.3, -0.25) is 9.69 Å². The third-order valence-electron chi connectivity index (χ3n) is 5.48. The molecule has 0 saturated carbocycles. The van der Waals surface area contributed by atoms with Crippen molar-refractivity contribution in [1.29, 1.82) is 0 Å². The number of hydrogen-bond acceptors (Lipinski definition) is 4. The van der Waals surface area contributed by atoms with E-state index in [1.165, 1.54) is 5.56 Å². The van der Waals surface area contributed by atoms with E-state index in [9.17, 15) is 4.79 Å². The second kappa shape index (κ2) is 8.97. The van der Waals surface area contributed by atoms with Gasteiger partial charge in [-0.05, 0) is 50.6 Å². The van der Waals surface area contributed by atoms with Crippen LogP contribution in [0.15, 0.2) is 66.9 Å². The predicted molar refractivity (Wildman–Crippen MR) is 115 cm³/mol. The topological polar surface area (TPSA) is 58.1 Å². The molecule has 1 aliphatic rings. The van der Waals surface area contributed by atoms with Crippen LogP contribution in [0.4, 0.5) is 5.69 Å². The number of para-hydroxylation sites is 1. The fourth-order valence-electron chi connectivity index (χ4n) is 3.82. The first-order valence-electron chi connectivity index (χ1n) is 10.2. The zero-order chi connectivity index (χ0) is 20.1. The van der Waals surface area contributed by atoms with Gasteiger partial charge in [0.2, 0.25) is 0 Å². The lowest BCUT2D eigenvalue weighted by atomic mass is 9.95. The van der Waals surface area contributed by atoms with E-state index < -0.39 is 0 Å². The van der Waals surface area contributed by atoms with Crippen molar-refractivity contribution in [1.82, 2.24) is 14.9 Å². The van der Waals surface area contributed by atoms with E-state index >= 15 is 0 Å². The van der Waals surface area contributed by atoms with Gasteiger partial charge in [0.15, 0.2) is 0 Å². The van der Waals surface area contributed by atoms with Gasteiger partial charge < -0.3 is 5.32 Å². The van der Waals surface area contributed by atoms with E-state index in [-0.39, 0.29) is 5.91 Å². The molecule has 0 radical (unpaired) electrons. The molecule has 5 heteroatoms. The molecule has 4 rings (SSSR count). The number of rotatable bonds is 5. The smallest absolute Gasteiger partial charge is 0.259 e. The molecular formula is C24H26N4O. The fourth-order valence-corrected chi connectivity index (χ4v) is 3.82. The molecule has 1 fully saturated rings. The molecule has 1 aromatic heterocycles. The van der Waals surface area contributed by atoms with Gasteiger partial charge in [-0.2, -0.15) is 0 Å². The first-order valence-corrected chi connectivity index (χ1v) is 10.2. The van der Waals surface area contributed by atoms with Crippen LogP contribution in [0.1, 0.15) is 46.2 Å². The van der Waals surface area contributed by atoms with E-state index in [4.69, 9.17) is 0 Å². The first kappa shape index (κ1) is 19.3. The zero-order valence-electron chi connectivity index (χ0n) is 16.7. The maximum absolute atomic E-state index is 12.5. The molecule has 0 bridgehead atoms. The number of carbonyl (C=O) groups excluding carboxylic acids is 1. The molecule has 2 aromatic carbocycles. The van der Waals surface area contributed by atoms with E-state index in [1.54, 1.807) is 6.20 Å². The van der Waals surface area contributed by atoms with Gasteiger partial charge in [0.1, 0.15) is 5.82 Å². The molecule has 0 unspecified atom stereocenters. The van der Waals surface area contributed by atoms with E-state index in [0.717, 1.165) is 49.7 Å². The lowest BCUT2D eigenvalue weighted by Gasteiger charge is -2.31. The third kappa shape index (κ3) is 4.87. The first-order chi connectivity index (χ1) is 14.2. The third-order valence-corrected chi connectivity index (χ3v) is 5.48. The van der Waals surface area contributed by atoms with Crippen molar-refractivity contribution in [2.75, 3.05) is 18.4 Å². The number of aromatic nitrogens is 2. The van der Waals surface area contributed by atoms with Crippen molar-refractivity contribution in [3.8, 4) is 0 Å². The SMILES string of the molecule is Cc1nc(C2CCN(Cc3ccccc3)CC2)ncc1C(=O)Nc1ccccc1. The lowest BCUT2D eigenvalue weighted by molar-refractivity contribution is 0.102. The van der Waals surface area contributed by atoms with Gasteiger partial charge in [-0.1, -0.05) is 48.5 Å². The van der Waals surface area contributed by atoms with Crippen molar-refractivity contribution in [3.63, 3.8) is 0 Å². The number of carbonyl (C=O) groups is 1. The molecule has 0 aliphatic carbocycles. The van der Waals surface area contributed by atoms with Gasteiger partial charge in [-0.15, -0.1) is 0 Å². The minimum atomic E-state index is -0.169. The number of hydrogen-bond donors (Lipinski definition) is 1. The summed E-state index contributed by atoms with van der Waals surface area (Å²) in [5, 5.41) is 2.90. The summed E-state index contributed by atoms with van der Waals surface area (Å²) < 4.78 is 0. The van der Waals surface area contributed by atoms with Gasteiger partial charge in [0.25, 0.3) is 5.91 Å². The van der Waals surface area contributed by atoms with Gasteiger partial charge in [0.05, 0.1) is 11.3 Å². The standard InChI is InChI=1S/C24H26N4O/c1-18-22(24(29)27-21-10-6-3-7-11-21)16-25-23(26-18)20-12-14-28(15-13-20)17-19-8-4-2-5-9-19/h2-11,16,20H,12-15,17H2,1H3,(H,27,29).